The number of hydrogen-bond donors (Lipinski definition) is 0. The molecule has 0 aliphatic carbocycles. The van der Waals surface area contributed by atoms with Crippen molar-refractivity contribution in [1.82, 2.24) is 9.80 Å². The molecule has 0 radical (unpaired) electrons. The van der Waals surface area contributed by atoms with Crippen LogP contribution in [-0.4, -0.2) is 49.5 Å². The second-order valence-corrected chi connectivity index (χ2v) is 5.35. The lowest BCUT2D eigenvalue weighted by Crippen LogP contribution is -2.39. The standard InChI is InChI=1S/C18H26N2O2/c1-6-10-20(11-7-2)18(21)14-19(4)13-16-8-9-17(22-5)15(3)12-16/h6-9,12H,1-2,10-11,13-14H2,3-5H3. The second kappa shape index (κ2) is 9.05. The van der Waals surface area contributed by atoms with Gasteiger partial charge in [-0.25, -0.2) is 0 Å². The molecule has 0 N–H and O–H groups in total. The Morgan fingerprint density at radius 1 is 1.27 bits per heavy atom. The summed E-state index contributed by atoms with van der Waals surface area (Å²) in [6.45, 7) is 11.6. The van der Waals surface area contributed by atoms with Gasteiger partial charge in [-0.15, -0.1) is 13.2 Å². The number of methoxy groups -OCH3 is 1. The minimum atomic E-state index is 0.0764. The number of rotatable bonds is 9. The summed E-state index contributed by atoms with van der Waals surface area (Å²) in [7, 11) is 3.61. The Labute approximate surface area is 133 Å². The maximum Gasteiger partial charge on any atom is 0.237 e. The Balaban J connectivity index is 2.62. The van der Waals surface area contributed by atoms with Crippen LogP contribution in [0, 0.1) is 6.92 Å². The number of benzene rings is 1. The van der Waals surface area contributed by atoms with Gasteiger partial charge >= 0.3 is 0 Å². The second-order valence-electron chi connectivity index (χ2n) is 5.35. The van der Waals surface area contributed by atoms with Gasteiger partial charge in [0.15, 0.2) is 0 Å². The van der Waals surface area contributed by atoms with Crippen LogP contribution in [0.5, 0.6) is 5.75 Å². The normalized spacial score (nSPS) is 10.4. The van der Waals surface area contributed by atoms with E-state index in [1.807, 2.05) is 31.0 Å². The summed E-state index contributed by atoms with van der Waals surface area (Å²) in [4.78, 5) is 16.0. The molecule has 0 aromatic heterocycles. The van der Waals surface area contributed by atoms with Crippen LogP contribution in [-0.2, 0) is 11.3 Å². The highest BCUT2D eigenvalue weighted by molar-refractivity contribution is 5.78. The molecule has 0 bridgehead atoms. The zero-order valence-corrected chi connectivity index (χ0v) is 13.8. The molecular weight excluding hydrogens is 276 g/mol. The van der Waals surface area contributed by atoms with Crippen molar-refractivity contribution >= 4 is 5.91 Å². The summed E-state index contributed by atoms with van der Waals surface area (Å²) in [5.41, 5.74) is 2.26. The van der Waals surface area contributed by atoms with Crippen LogP contribution in [0.15, 0.2) is 43.5 Å². The molecule has 0 saturated carbocycles. The molecule has 0 aliphatic rings. The van der Waals surface area contributed by atoms with Crippen LogP contribution < -0.4 is 4.74 Å². The van der Waals surface area contributed by atoms with E-state index in [2.05, 4.69) is 19.2 Å². The monoisotopic (exact) mass is 302 g/mol. The first kappa shape index (κ1) is 18.0. The molecule has 1 aromatic carbocycles. The maximum atomic E-state index is 12.3. The number of likely N-dealkylation sites (N-methyl/N-ethyl adjacent to an activating group) is 1. The average molecular weight is 302 g/mol. The molecule has 0 saturated heterocycles. The van der Waals surface area contributed by atoms with Crippen molar-refractivity contribution in [2.24, 2.45) is 0 Å². The molecule has 22 heavy (non-hydrogen) atoms. The number of hydrogen-bond acceptors (Lipinski definition) is 3. The number of amides is 1. The van der Waals surface area contributed by atoms with E-state index >= 15 is 0 Å². The first-order valence-electron chi connectivity index (χ1n) is 7.33. The maximum absolute atomic E-state index is 12.3. The Morgan fingerprint density at radius 2 is 1.91 bits per heavy atom. The largest absolute Gasteiger partial charge is 0.496 e. The van der Waals surface area contributed by atoms with Crippen molar-refractivity contribution in [2.75, 3.05) is 33.8 Å². The summed E-state index contributed by atoms with van der Waals surface area (Å²) in [5, 5.41) is 0. The lowest BCUT2D eigenvalue weighted by atomic mass is 10.1. The van der Waals surface area contributed by atoms with Crippen molar-refractivity contribution in [3.05, 3.63) is 54.6 Å². The molecule has 0 unspecified atom stereocenters. The van der Waals surface area contributed by atoms with Gasteiger partial charge in [0.05, 0.1) is 13.7 Å². The summed E-state index contributed by atoms with van der Waals surface area (Å²) < 4.78 is 5.26. The molecule has 0 heterocycles. The van der Waals surface area contributed by atoms with Gasteiger partial charge < -0.3 is 9.64 Å². The van der Waals surface area contributed by atoms with Crippen LogP contribution in [0.4, 0.5) is 0 Å². The lowest BCUT2D eigenvalue weighted by molar-refractivity contribution is -0.131. The van der Waals surface area contributed by atoms with E-state index in [1.165, 1.54) is 0 Å². The number of carbonyl (C=O) groups excluding carboxylic acids is 1. The van der Waals surface area contributed by atoms with Gasteiger partial charge in [0.25, 0.3) is 0 Å². The van der Waals surface area contributed by atoms with Crippen LogP contribution in [0.25, 0.3) is 0 Å². The highest BCUT2D eigenvalue weighted by Crippen LogP contribution is 2.19. The summed E-state index contributed by atoms with van der Waals surface area (Å²) in [5.74, 6) is 0.957. The fourth-order valence-electron chi connectivity index (χ4n) is 2.33. The van der Waals surface area contributed by atoms with Crippen molar-refractivity contribution < 1.29 is 9.53 Å². The van der Waals surface area contributed by atoms with Crippen LogP contribution >= 0.6 is 0 Å². The fraction of sp³-hybridized carbons (Fsp3) is 0.389. The lowest BCUT2D eigenvalue weighted by Gasteiger charge is -2.23. The SMILES string of the molecule is C=CCN(CC=C)C(=O)CN(C)Cc1ccc(OC)c(C)c1. The molecule has 0 spiro atoms. The fourth-order valence-corrected chi connectivity index (χ4v) is 2.33. The minimum absolute atomic E-state index is 0.0764. The highest BCUT2D eigenvalue weighted by Gasteiger charge is 2.13. The molecule has 1 rings (SSSR count). The van der Waals surface area contributed by atoms with E-state index in [9.17, 15) is 4.79 Å². The zero-order chi connectivity index (χ0) is 16.5. The van der Waals surface area contributed by atoms with Gasteiger partial charge in [0, 0.05) is 19.6 Å². The van der Waals surface area contributed by atoms with Gasteiger partial charge in [-0.05, 0) is 31.2 Å². The van der Waals surface area contributed by atoms with Gasteiger partial charge in [-0.1, -0.05) is 24.3 Å². The van der Waals surface area contributed by atoms with Crippen LogP contribution in [0.2, 0.25) is 0 Å². The van der Waals surface area contributed by atoms with E-state index in [-0.39, 0.29) is 5.91 Å². The van der Waals surface area contributed by atoms with Crippen molar-refractivity contribution in [3.63, 3.8) is 0 Å². The molecule has 4 heteroatoms. The van der Waals surface area contributed by atoms with Crippen molar-refractivity contribution in [2.45, 2.75) is 13.5 Å². The first-order valence-corrected chi connectivity index (χ1v) is 7.33. The third-order valence-electron chi connectivity index (χ3n) is 3.37. The summed E-state index contributed by atoms with van der Waals surface area (Å²) >= 11 is 0. The zero-order valence-electron chi connectivity index (χ0n) is 13.8. The Bertz CT molecular complexity index is 516. The van der Waals surface area contributed by atoms with Crippen LogP contribution in [0.3, 0.4) is 0 Å². The number of ether oxygens (including phenoxy) is 1. The van der Waals surface area contributed by atoms with E-state index in [0.717, 1.165) is 16.9 Å². The molecule has 120 valence electrons. The Kier molecular flexibility index (Phi) is 7.40. The molecule has 1 aromatic rings. The number of nitrogens with zero attached hydrogens (tertiary/aromatic N) is 2. The predicted octanol–water partition coefficient (Wildman–Crippen LogP) is 2.64. The summed E-state index contributed by atoms with van der Waals surface area (Å²) in [6.07, 6.45) is 3.46. The van der Waals surface area contributed by atoms with Crippen molar-refractivity contribution in [3.8, 4) is 5.75 Å². The molecule has 0 atom stereocenters. The molecular formula is C18H26N2O2. The average Bonchev–Trinajstić information content (AvgIpc) is 2.47. The number of aryl methyl sites for hydroxylation is 1. The van der Waals surface area contributed by atoms with E-state index < -0.39 is 0 Å². The van der Waals surface area contributed by atoms with E-state index in [4.69, 9.17) is 4.74 Å². The molecule has 1 amide bonds. The minimum Gasteiger partial charge on any atom is -0.496 e. The van der Waals surface area contributed by atoms with E-state index in [0.29, 0.717) is 26.2 Å². The Morgan fingerprint density at radius 3 is 2.41 bits per heavy atom. The van der Waals surface area contributed by atoms with Gasteiger partial charge in [-0.3, -0.25) is 9.69 Å². The quantitative estimate of drug-likeness (QED) is 0.657. The Hall–Kier alpha value is -2.07. The smallest absolute Gasteiger partial charge is 0.237 e. The van der Waals surface area contributed by atoms with Gasteiger partial charge in [-0.2, -0.15) is 0 Å². The third-order valence-corrected chi connectivity index (χ3v) is 3.37. The summed E-state index contributed by atoms with van der Waals surface area (Å²) in [6, 6.07) is 6.07. The topological polar surface area (TPSA) is 32.8 Å². The predicted molar refractivity (Wildman–Crippen MR) is 91.0 cm³/mol. The molecule has 4 nitrogen and oxygen atoms in total. The third kappa shape index (κ3) is 5.37. The molecule has 0 aliphatic heterocycles. The first-order chi connectivity index (χ1) is 10.5. The molecule has 0 fully saturated rings. The van der Waals surface area contributed by atoms with Crippen LogP contribution in [0.1, 0.15) is 11.1 Å². The van der Waals surface area contributed by atoms with Gasteiger partial charge in [0.1, 0.15) is 5.75 Å². The van der Waals surface area contributed by atoms with Crippen molar-refractivity contribution in [1.29, 1.82) is 0 Å². The number of carbonyl (C=O) groups is 1. The van der Waals surface area contributed by atoms with Gasteiger partial charge in [0.2, 0.25) is 5.91 Å². The highest BCUT2D eigenvalue weighted by atomic mass is 16.5. The van der Waals surface area contributed by atoms with E-state index in [1.54, 1.807) is 24.2 Å².